The predicted molar refractivity (Wildman–Crippen MR) is 58.0 cm³/mol. The van der Waals surface area contributed by atoms with Crippen LogP contribution in [0.4, 0.5) is 0 Å². The zero-order chi connectivity index (χ0) is 12.0. The lowest BCUT2D eigenvalue weighted by molar-refractivity contribution is -0.155. The lowest BCUT2D eigenvalue weighted by atomic mass is 9.81. The van der Waals surface area contributed by atoms with E-state index in [1.54, 1.807) is 0 Å². The third-order valence-electron chi connectivity index (χ3n) is 3.65. The Morgan fingerprint density at radius 3 is 2.94 bits per heavy atom. The SMILES string of the molecule is COC(=O)[C@@]12CC(=O)O[C@@H]1c1ccccc1C2. The van der Waals surface area contributed by atoms with E-state index in [-0.39, 0.29) is 18.4 Å². The monoisotopic (exact) mass is 232 g/mol. The first kappa shape index (κ1) is 10.3. The highest BCUT2D eigenvalue weighted by Gasteiger charge is 2.60. The molecule has 1 saturated heterocycles. The van der Waals surface area contributed by atoms with Crippen molar-refractivity contribution in [2.45, 2.75) is 18.9 Å². The summed E-state index contributed by atoms with van der Waals surface area (Å²) in [4.78, 5) is 23.4. The van der Waals surface area contributed by atoms with Crippen LogP contribution in [-0.2, 0) is 25.5 Å². The summed E-state index contributed by atoms with van der Waals surface area (Å²) in [5, 5.41) is 0. The number of rotatable bonds is 1. The smallest absolute Gasteiger partial charge is 0.316 e. The van der Waals surface area contributed by atoms with Crippen LogP contribution in [0.25, 0.3) is 0 Å². The number of carbonyl (C=O) groups excluding carboxylic acids is 2. The van der Waals surface area contributed by atoms with E-state index in [4.69, 9.17) is 9.47 Å². The van der Waals surface area contributed by atoms with Crippen molar-refractivity contribution in [2.24, 2.45) is 5.41 Å². The highest BCUT2D eigenvalue weighted by Crippen LogP contribution is 2.54. The van der Waals surface area contributed by atoms with Crippen molar-refractivity contribution in [1.29, 1.82) is 0 Å². The first-order chi connectivity index (χ1) is 8.17. The van der Waals surface area contributed by atoms with Crippen molar-refractivity contribution >= 4 is 11.9 Å². The minimum atomic E-state index is -0.838. The molecule has 0 bridgehead atoms. The Labute approximate surface area is 98.5 Å². The van der Waals surface area contributed by atoms with Gasteiger partial charge in [-0.25, -0.2) is 0 Å². The van der Waals surface area contributed by atoms with E-state index >= 15 is 0 Å². The van der Waals surface area contributed by atoms with Crippen molar-refractivity contribution in [3.05, 3.63) is 35.4 Å². The Morgan fingerprint density at radius 2 is 2.18 bits per heavy atom. The van der Waals surface area contributed by atoms with Crippen molar-refractivity contribution < 1.29 is 19.1 Å². The molecule has 0 radical (unpaired) electrons. The van der Waals surface area contributed by atoms with Crippen LogP contribution in [0.2, 0.25) is 0 Å². The van der Waals surface area contributed by atoms with Gasteiger partial charge in [-0.1, -0.05) is 24.3 Å². The Morgan fingerprint density at radius 1 is 1.41 bits per heavy atom. The van der Waals surface area contributed by atoms with Gasteiger partial charge in [0.25, 0.3) is 0 Å². The van der Waals surface area contributed by atoms with Gasteiger partial charge in [-0.2, -0.15) is 0 Å². The Kier molecular flexibility index (Phi) is 2.02. The molecular formula is C13H12O4. The summed E-state index contributed by atoms with van der Waals surface area (Å²) in [6, 6.07) is 7.68. The summed E-state index contributed by atoms with van der Waals surface area (Å²) < 4.78 is 10.1. The van der Waals surface area contributed by atoms with Gasteiger partial charge in [0.15, 0.2) is 0 Å². The number of carbonyl (C=O) groups is 2. The fourth-order valence-electron chi connectivity index (χ4n) is 2.90. The van der Waals surface area contributed by atoms with Crippen LogP contribution >= 0.6 is 0 Å². The summed E-state index contributed by atoms with van der Waals surface area (Å²) >= 11 is 0. The van der Waals surface area contributed by atoms with E-state index in [2.05, 4.69) is 0 Å². The molecular weight excluding hydrogens is 220 g/mol. The third kappa shape index (κ3) is 1.24. The van der Waals surface area contributed by atoms with Gasteiger partial charge in [0.2, 0.25) is 0 Å². The molecule has 0 N–H and O–H groups in total. The van der Waals surface area contributed by atoms with Gasteiger partial charge in [0.1, 0.15) is 11.5 Å². The van der Waals surface area contributed by atoms with Crippen LogP contribution in [0, 0.1) is 5.41 Å². The van der Waals surface area contributed by atoms with Gasteiger partial charge in [0, 0.05) is 0 Å². The normalized spacial score (nSPS) is 29.5. The summed E-state index contributed by atoms with van der Waals surface area (Å²) in [7, 11) is 1.35. The first-order valence-corrected chi connectivity index (χ1v) is 5.53. The molecule has 1 aliphatic carbocycles. The van der Waals surface area contributed by atoms with Crippen LogP contribution in [0.1, 0.15) is 23.7 Å². The Balaban J connectivity index is 2.11. The predicted octanol–water partition coefficient (Wildman–Crippen LogP) is 1.39. The summed E-state index contributed by atoms with van der Waals surface area (Å²) in [6.07, 6.45) is 0.157. The number of methoxy groups -OCH3 is 1. The van der Waals surface area contributed by atoms with Gasteiger partial charge in [-0.05, 0) is 17.5 Å². The zero-order valence-corrected chi connectivity index (χ0v) is 9.43. The third-order valence-corrected chi connectivity index (χ3v) is 3.65. The van der Waals surface area contributed by atoms with Crippen LogP contribution < -0.4 is 0 Å². The molecule has 1 heterocycles. The number of fused-ring (bicyclic) bond motifs is 3. The number of benzene rings is 1. The van der Waals surface area contributed by atoms with Gasteiger partial charge in [-0.3, -0.25) is 9.59 Å². The highest BCUT2D eigenvalue weighted by molar-refractivity contribution is 5.89. The molecule has 3 rings (SSSR count). The number of ether oxygens (including phenoxy) is 2. The molecule has 2 aliphatic rings. The molecule has 0 aromatic heterocycles. The highest BCUT2D eigenvalue weighted by atomic mass is 16.6. The van der Waals surface area contributed by atoms with Crippen molar-refractivity contribution in [3.8, 4) is 0 Å². The molecule has 1 fully saturated rings. The summed E-state index contributed by atoms with van der Waals surface area (Å²) in [6.45, 7) is 0. The molecule has 1 aromatic carbocycles. The minimum Gasteiger partial charge on any atom is -0.468 e. The second-order valence-corrected chi connectivity index (χ2v) is 4.57. The molecule has 0 amide bonds. The molecule has 0 unspecified atom stereocenters. The standard InChI is InChI=1S/C13H12O4/c1-16-12(15)13-6-8-4-2-3-5-9(8)11(13)17-10(14)7-13/h2-5,11H,6-7H2,1H3/t11-,13+/m1/s1. The molecule has 2 atom stereocenters. The van der Waals surface area contributed by atoms with Crippen molar-refractivity contribution in [2.75, 3.05) is 7.11 Å². The maximum atomic E-state index is 12.0. The summed E-state index contributed by atoms with van der Waals surface area (Å²) in [5.41, 5.74) is 1.16. The zero-order valence-electron chi connectivity index (χ0n) is 9.43. The van der Waals surface area contributed by atoms with Gasteiger partial charge >= 0.3 is 11.9 Å². The lowest BCUT2D eigenvalue weighted by Gasteiger charge is -2.22. The van der Waals surface area contributed by atoms with E-state index < -0.39 is 11.5 Å². The molecule has 88 valence electrons. The molecule has 1 aliphatic heterocycles. The molecule has 17 heavy (non-hydrogen) atoms. The minimum absolute atomic E-state index is 0.110. The maximum Gasteiger partial charge on any atom is 0.316 e. The quantitative estimate of drug-likeness (QED) is 0.686. The van der Waals surface area contributed by atoms with E-state index in [1.165, 1.54) is 7.11 Å². The second-order valence-electron chi connectivity index (χ2n) is 4.57. The van der Waals surface area contributed by atoms with E-state index in [1.807, 2.05) is 24.3 Å². The Bertz CT molecular complexity index is 508. The number of hydrogen-bond acceptors (Lipinski definition) is 4. The van der Waals surface area contributed by atoms with E-state index in [9.17, 15) is 9.59 Å². The molecule has 0 saturated carbocycles. The van der Waals surface area contributed by atoms with Crippen LogP contribution in [-0.4, -0.2) is 19.0 Å². The van der Waals surface area contributed by atoms with E-state index in [0.717, 1.165) is 11.1 Å². The van der Waals surface area contributed by atoms with Crippen molar-refractivity contribution in [3.63, 3.8) is 0 Å². The van der Waals surface area contributed by atoms with Crippen molar-refractivity contribution in [1.82, 2.24) is 0 Å². The van der Waals surface area contributed by atoms with Crippen LogP contribution in [0.5, 0.6) is 0 Å². The lowest BCUT2D eigenvalue weighted by Crippen LogP contribution is -2.33. The van der Waals surface area contributed by atoms with Crippen LogP contribution in [0.15, 0.2) is 24.3 Å². The average molecular weight is 232 g/mol. The molecule has 1 aromatic rings. The van der Waals surface area contributed by atoms with Gasteiger partial charge < -0.3 is 9.47 Å². The number of hydrogen-bond donors (Lipinski definition) is 0. The topological polar surface area (TPSA) is 52.6 Å². The fourth-order valence-corrected chi connectivity index (χ4v) is 2.90. The van der Waals surface area contributed by atoms with Gasteiger partial charge in [-0.15, -0.1) is 0 Å². The summed E-state index contributed by atoms with van der Waals surface area (Å²) in [5.74, 6) is -0.681. The first-order valence-electron chi connectivity index (χ1n) is 5.53. The molecule has 4 nitrogen and oxygen atoms in total. The Hall–Kier alpha value is -1.84. The second kappa shape index (κ2) is 3.32. The average Bonchev–Trinajstić information content (AvgIpc) is 2.80. The van der Waals surface area contributed by atoms with Gasteiger partial charge in [0.05, 0.1) is 13.5 Å². The molecule has 0 spiro atoms. The van der Waals surface area contributed by atoms with E-state index in [0.29, 0.717) is 6.42 Å². The fraction of sp³-hybridized carbons (Fsp3) is 0.385. The largest absolute Gasteiger partial charge is 0.468 e. The number of esters is 2. The maximum absolute atomic E-state index is 12.0. The van der Waals surface area contributed by atoms with Crippen LogP contribution in [0.3, 0.4) is 0 Å². The molecule has 4 heteroatoms.